The lowest BCUT2D eigenvalue weighted by atomic mass is 9.72. The average Bonchev–Trinajstić information content (AvgIpc) is 3.05. The maximum absolute atomic E-state index is 12.3. The molecule has 2 N–H and O–H groups in total. The molecule has 0 spiro atoms. The standard InChI is InChI=1S/C21H24N2O4/c1-11-16-9-23-6-5-13-15-7-12(24)3-4-18(15)22-20(13)19(23)8-14(16)17(10-27-11)21(25)26-2/h3-4,7,10-11,14,16,19,22,24H,5-6,8-9H2,1-2H3/t11-,14?,16?,19+/m0/s1. The predicted molar refractivity (Wildman–Crippen MR) is 100 cm³/mol. The number of nitrogens with one attached hydrogen (secondary N) is 1. The summed E-state index contributed by atoms with van der Waals surface area (Å²) < 4.78 is 10.8. The van der Waals surface area contributed by atoms with E-state index >= 15 is 0 Å². The number of aromatic nitrogens is 1. The Morgan fingerprint density at radius 3 is 3.07 bits per heavy atom. The van der Waals surface area contributed by atoms with Crippen LogP contribution in [0.1, 0.15) is 30.6 Å². The van der Waals surface area contributed by atoms with E-state index in [0.717, 1.165) is 36.8 Å². The SMILES string of the molecule is COC(=O)C1=CO[C@@H](C)C2CN3CCc4c([nH]c5ccc(O)cc45)[C@H]3CC12. The number of fused-ring (bicyclic) bond motifs is 6. The molecule has 0 radical (unpaired) electrons. The predicted octanol–water partition coefficient (Wildman–Crippen LogP) is 2.88. The van der Waals surface area contributed by atoms with Crippen LogP contribution < -0.4 is 0 Å². The first-order valence-corrected chi connectivity index (χ1v) is 9.58. The van der Waals surface area contributed by atoms with E-state index in [0.29, 0.717) is 11.3 Å². The van der Waals surface area contributed by atoms with Gasteiger partial charge in [0.05, 0.1) is 31.1 Å². The fourth-order valence-corrected chi connectivity index (χ4v) is 5.22. The van der Waals surface area contributed by atoms with Crippen molar-refractivity contribution in [1.82, 2.24) is 9.88 Å². The second kappa shape index (κ2) is 6.02. The summed E-state index contributed by atoms with van der Waals surface area (Å²) in [6.07, 6.45) is 3.53. The van der Waals surface area contributed by atoms with Crippen LogP contribution in [0.25, 0.3) is 10.9 Å². The van der Waals surface area contributed by atoms with Crippen LogP contribution in [0.5, 0.6) is 5.75 Å². The molecule has 0 amide bonds. The summed E-state index contributed by atoms with van der Waals surface area (Å²) in [7, 11) is 1.42. The monoisotopic (exact) mass is 368 g/mol. The molecule has 27 heavy (non-hydrogen) atoms. The molecule has 3 aliphatic heterocycles. The van der Waals surface area contributed by atoms with Gasteiger partial charge in [-0.1, -0.05) is 0 Å². The van der Waals surface area contributed by atoms with Gasteiger partial charge in [0, 0.05) is 41.5 Å². The average molecular weight is 368 g/mol. The first kappa shape index (κ1) is 16.7. The van der Waals surface area contributed by atoms with Gasteiger partial charge in [0.15, 0.2) is 0 Å². The summed E-state index contributed by atoms with van der Waals surface area (Å²) in [5, 5.41) is 11.0. The number of piperidine rings is 1. The van der Waals surface area contributed by atoms with E-state index in [1.807, 2.05) is 12.1 Å². The summed E-state index contributed by atoms with van der Waals surface area (Å²) in [6.45, 7) is 3.97. The van der Waals surface area contributed by atoms with Gasteiger partial charge in [-0.25, -0.2) is 4.79 Å². The highest BCUT2D eigenvalue weighted by molar-refractivity contribution is 5.89. The van der Waals surface area contributed by atoms with Gasteiger partial charge in [-0.3, -0.25) is 4.90 Å². The molecule has 0 saturated carbocycles. The van der Waals surface area contributed by atoms with Gasteiger partial charge >= 0.3 is 5.97 Å². The Labute approximate surface area is 157 Å². The Hall–Kier alpha value is -2.47. The van der Waals surface area contributed by atoms with Crippen LogP contribution in [-0.4, -0.2) is 47.3 Å². The number of rotatable bonds is 1. The third-order valence-corrected chi connectivity index (χ3v) is 6.62. The zero-order valence-electron chi connectivity index (χ0n) is 15.6. The Kier molecular flexibility index (Phi) is 3.72. The Morgan fingerprint density at radius 2 is 2.26 bits per heavy atom. The van der Waals surface area contributed by atoms with Crippen molar-refractivity contribution in [3.63, 3.8) is 0 Å². The van der Waals surface area contributed by atoms with Crippen molar-refractivity contribution in [3.8, 4) is 5.75 Å². The second-order valence-corrected chi connectivity index (χ2v) is 7.92. The fraction of sp³-hybridized carbons (Fsp3) is 0.476. The van der Waals surface area contributed by atoms with E-state index in [4.69, 9.17) is 9.47 Å². The Morgan fingerprint density at radius 1 is 1.41 bits per heavy atom. The number of aromatic hydroxyl groups is 1. The number of aromatic amines is 1. The number of esters is 1. The maximum atomic E-state index is 12.3. The second-order valence-electron chi connectivity index (χ2n) is 7.92. The number of H-pyrrole nitrogens is 1. The Balaban J connectivity index is 1.55. The van der Waals surface area contributed by atoms with Gasteiger partial charge in [-0.05, 0) is 43.5 Å². The summed E-state index contributed by atoms with van der Waals surface area (Å²) in [5.41, 5.74) is 4.24. The molecule has 142 valence electrons. The zero-order chi connectivity index (χ0) is 18.7. The summed E-state index contributed by atoms with van der Waals surface area (Å²) >= 11 is 0. The van der Waals surface area contributed by atoms with E-state index in [-0.39, 0.29) is 30.0 Å². The fourth-order valence-electron chi connectivity index (χ4n) is 5.22. The van der Waals surface area contributed by atoms with Gasteiger partial charge in [-0.2, -0.15) is 0 Å². The van der Waals surface area contributed by atoms with E-state index in [2.05, 4.69) is 16.8 Å². The minimum atomic E-state index is -0.289. The highest BCUT2D eigenvalue weighted by Crippen LogP contribution is 2.47. The third kappa shape index (κ3) is 2.46. The Bertz CT molecular complexity index is 947. The number of hydrogen-bond acceptors (Lipinski definition) is 5. The van der Waals surface area contributed by atoms with Crippen LogP contribution in [-0.2, 0) is 20.7 Å². The molecule has 5 rings (SSSR count). The number of methoxy groups -OCH3 is 1. The van der Waals surface area contributed by atoms with E-state index < -0.39 is 0 Å². The number of ether oxygens (including phenoxy) is 2. The largest absolute Gasteiger partial charge is 0.508 e. The maximum Gasteiger partial charge on any atom is 0.337 e. The molecule has 4 heterocycles. The molecular formula is C21H24N2O4. The van der Waals surface area contributed by atoms with Crippen molar-refractivity contribution >= 4 is 16.9 Å². The van der Waals surface area contributed by atoms with Crippen LogP contribution in [0.15, 0.2) is 30.0 Å². The molecule has 0 aliphatic carbocycles. The zero-order valence-corrected chi connectivity index (χ0v) is 15.6. The van der Waals surface area contributed by atoms with E-state index in [1.54, 1.807) is 12.3 Å². The highest BCUT2D eigenvalue weighted by atomic mass is 16.5. The molecule has 2 aromatic rings. The molecule has 1 saturated heterocycles. The van der Waals surface area contributed by atoms with Gasteiger partial charge in [-0.15, -0.1) is 0 Å². The van der Waals surface area contributed by atoms with Crippen LogP contribution in [0.3, 0.4) is 0 Å². The number of hydrogen-bond donors (Lipinski definition) is 2. The normalized spacial score (nSPS) is 29.9. The molecule has 3 aliphatic rings. The lowest BCUT2D eigenvalue weighted by Crippen LogP contribution is -2.51. The van der Waals surface area contributed by atoms with Crippen LogP contribution in [0.4, 0.5) is 0 Å². The van der Waals surface area contributed by atoms with Crippen LogP contribution in [0, 0.1) is 11.8 Å². The van der Waals surface area contributed by atoms with Gasteiger partial charge in [0.25, 0.3) is 0 Å². The number of phenols is 1. The molecule has 0 bridgehead atoms. The molecule has 6 nitrogen and oxygen atoms in total. The lowest BCUT2D eigenvalue weighted by Gasteiger charge is -2.49. The number of carbonyl (C=O) groups excluding carboxylic acids is 1. The molecule has 1 aromatic heterocycles. The smallest absolute Gasteiger partial charge is 0.337 e. The summed E-state index contributed by atoms with van der Waals surface area (Å²) in [6, 6.07) is 5.75. The molecule has 1 fully saturated rings. The molecule has 1 aromatic carbocycles. The van der Waals surface area contributed by atoms with Gasteiger partial charge in [0.2, 0.25) is 0 Å². The van der Waals surface area contributed by atoms with Crippen molar-refractivity contribution in [2.24, 2.45) is 11.8 Å². The van der Waals surface area contributed by atoms with Crippen molar-refractivity contribution in [3.05, 3.63) is 41.3 Å². The summed E-state index contributed by atoms with van der Waals surface area (Å²) in [4.78, 5) is 18.4. The lowest BCUT2D eigenvalue weighted by molar-refractivity contribution is -0.139. The minimum absolute atomic E-state index is 0.0883. The highest BCUT2D eigenvalue weighted by Gasteiger charge is 2.46. The number of benzene rings is 1. The third-order valence-electron chi connectivity index (χ3n) is 6.62. The molecule has 2 unspecified atom stereocenters. The first-order chi connectivity index (χ1) is 13.1. The van der Waals surface area contributed by atoms with Crippen molar-refractivity contribution in [2.45, 2.75) is 31.9 Å². The summed E-state index contributed by atoms with van der Waals surface area (Å²) in [5.74, 6) is 0.427. The van der Waals surface area contributed by atoms with E-state index in [1.165, 1.54) is 18.4 Å². The van der Waals surface area contributed by atoms with Crippen molar-refractivity contribution < 1.29 is 19.4 Å². The number of nitrogens with zero attached hydrogens (tertiary/aromatic N) is 1. The van der Waals surface area contributed by atoms with E-state index in [9.17, 15) is 9.90 Å². The van der Waals surface area contributed by atoms with Crippen molar-refractivity contribution in [2.75, 3.05) is 20.2 Å². The van der Waals surface area contributed by atoms with Crippen LogP contribution >= 0.6 is 0 Å². The topological polar surface area (TPSA) is 74.8 Å². The quantitative estimate of drug-likeness (QED) is 0.757. The minimum Gasteiger partial charge on any atom is -0.508 e. The number of carbonyl (C=O) groups is 1. The molecular weight excluding hydrogens is 344 g/mol. The number of phenolic OH excluding ortho intramolecular Hbond substituents is 1. The van der Waals surface area contributed by atoms with Gasteiger partial charge in [0.1, 0.15) is 5.75 Å². The molecule has 6 heteroatoms. The van der Waals surface area contributed by atoms with Crippen molar-refractivity contribution in [1.29, 1.82) is 0 Å². The first-order valence-electron chi connectivity index (χ1n) is 9.58. The molecule has 4 atom stereocenters. The van der Waals surface area contributed by atoms with Crippen LogP contribution in [0.2, 0.25) is 0 Å². The van der Waals surface area contributed by atoms with Gasteiger partial charge < -0.3 is 19.6 Å².